The fourth-order valence-electron chi connectivity index (χ4n) is 3.81. The van der Waals surface area contributed by atoms with Gasteiger partial charge >= 0.3 is 0 Å². The number of sulfonamides is 1. The van der Waals surface area contributed by atoms with Crippen molar-refractivity contribution >= 4 is 60.4 Å². The van der Waals surface area contributed by atoms with E-state index in [1.807, 2.05) is 11.5 Å². The zero-order chi connectivity index (χ0) is 23.6. The molecule has 0 saturated carbocycles. The van der Waals surface area contributed by atoms with Crippen LogP contribution in [0.15, 0.2) is 39.5 Å². The van der Waals surface area contributed by atoms with E-state index in [2.05, 4.69) is 4.99 Å². The highest BCUT2D eigenvalue weighted by atomic mass is 35.5. The zero-order valence-electron chi connectivity index (χ0n) is 17.9. The number of fused-ring (bicyclic) bond motifs is 1. The third kappa shape index (κ3) is 5.23. The van der Waals surface area contributed by atoms with Crippen LogP contribution >= 0.6 is 34.3 Å². The molecule has 12 heteroatoms. The van der Waals surface area contributed by atoms with Crippen molar-refractivity contribution in [3.63, 3.8) is 0 Å². The van der Waals surface area contributed by atoms with Crippen molar-refractivity contribution in [2.45, 2.75) is 43.0 Å². The SMILES string of the molecule is CCOCCn1c(=NC(=O)C2CCCCN2S(=O)(=O)c2ccc(Cl)s2)sc2cc(F)ccc21. The van der Waals surface area contributed by atoms with Crippen LogP contribution in [-0.2, 0) is 26.1 Å². The Morgan fingerprint density at radius 3 is 2.82 bits per heavy atom. The van der Waals surface area contributed by atoms with E-state index in [9.17, 15) is 17.6 Å². The summed E-state index contributed by atoms with van der Waals surface area (Å²) < 4.78 is 49.8. The number of hydrogen-bond acceptors (Lipinski definition) is 6. The van der Waals surface area contributed by atoms with E-state index in [0.29, 0.717) is 46.4 Å². The topological polar surface area (TPSA) is 81.0 Å². The summed E-state index contributed by atoms with van der Waals surface area (Å²) in [5.74, 6) is -0.907. The van der Waals surface area contributed by atoms with Gasteiger partial charge in [-0.15, -0.1) is 11.3 Å². The number of piperidine rings is 1. The number of halogens is 2. The molecule has 0 spiro atoms. The minimum atomic E-state index is -3.87. The van der Waals surface area contributed by atoms with E-state index in [-0.39, 0.29) is 16.6 Å². The first kappa shape index (κ1) is 24.5. The number of thiophene rings is 1. The lowest BCUT2D eigenvalue weighted by Gasteiger charge is -2.31. The number of carbonyl (C=O) groups is 1. The number of aromatic nitrogens is 1. The number of carbonyl (C=O) groups excluding carboxylic acids is 1. The summed E-state index contributed by atoms with van der Waals surface area (Å²) in [5.41, 5.74) is 0.744. The van der Waals surface area contributed by atoms with Gasteiger partial charge in [-0.3, -0.25) is 4.79 Å². The molecule has 1 aliphatic rings. The number of amides is 1. The fraction of sp³-hybridized carbons (Fsp3) is 0.429. The Hall–Kier alpha value is -1.63. The molecule has 4 rings (SSSR count). The summed E-state index contributed by atoms with van der Waals surface area (Å²) >= 11 is 8.10. The van der Waals surface area contributed by atoms with Gasteiger partial charge in [-0.2, -0.15) is 9.30 Å². The number of thiazole rings is 1. The van der Waals surface area contributed by atoms with Crippen LogP contribution in [0.4, 0.5) is 4.39 Å². The first-order valence-corrected chi connectivity index (χ1v) is 14.0. The van der Waals surface area contributed by atoms with Crippen LogP contribution in [0.2, 0.25) is 4.34 Å². The van der Waals surface area contributed by atoms with Gasteiger partial charge in [0.25, 0.3) is 15.9 Å². The maximum absolute atomic E-state index is 13.8. The van der Waals surface area contributed by atoms with E-state index >= 15 is 0 Å². The molecule has 0 bridgehead atoms. The molecule has 178 valence electrons. The number of hydrogen-bond donors (Lipinski definition) is 0. The van der Waals surface area contributed by atoms with Gasteiger partial charge < -0.3 is 9.30 Å². The fourth-order valence-corrected chi connectivity index (χ4v) is 8.16. The third-order valence-corrected chi connectivity index (χ3v) is 10.0. The van der Waals surface area contributed by atoms with Gasteiger partial charge in [-0.05, 0) is 50.1 Å². The monoisotopic (exact) mass is 531 g/mol. The van der Waals surface area contributed by atoms with Crippen LogP contribution in [0.1, 0.15) is 26.2 Å². The van der Waals surface area contributed by atoms with Crippen LogP contribution < -0.4 is 4.80 Å². The van der Waals surface area contributed by atoms with E-state index in [1.54, 1.807) is 6.07 Å². The first-order chi connectivity index (χ1) is 15.8. The first-order valence-electron chi connectivity index (χ1n) is 10.5. The molecule has 33 heavy (non-hydrogen) atoms. The Bertz CT molecular complexity index is 1330. The second-order valence-electron chi connectivity index (χ2n) is 7.48. The molecule has 1 fully saturated rings. The van der Waals surface area contributed by atoms with E-state index < -0.39 is 22.0 Å². The molecule has 0 N–H and O–H groups in total. The molecule has 1 saturated heterocycles. The number of benzene rings is 1. The van der Waals surface area contributed by atoms with Crippen molar-refractivity contribution in [1.29, 1.82) is 0 Å². The highest BCUT2D eigenvalue weighted by molar-refractivity contribution is 7.91. The van der Waals surface area contributed by atoms with Crippen molar-refractivity contribution in [3.05, 3.63) is 45.3 Å². The molecule has 1 amide bonds. The van der Waals surface area contributed by atoms with Gasteiger partial charge in [0.2, 0.25) is 0 Å². The van der Waals surface area contributed by atoms with Crippen molar-refractivity contribution in [3.8, 4) is 0 Å². The molecule has 1 aromatic carbocycles. The van der Waals surface area contributed by atoms with Gasteiger partial charge in [0.1, 0.15) is 16.1 Å². The molecular formula is C21H23ClFN3O4S3. The molecule has 1 aliphatic heterocycles. The van der Waals surface area contributed by atoms with Crippen molar-refractivity contribution in [2.24, 2.45) is 4.99 Å². The van der Waals surface area contributed by atoms with Crippen molar-refractivity contribution in [1.82, 2.24) is 8.87 Å². The predicted molar refractivity (Wildman–Crippen MR) is 128 cm³/mol. The van der Waals surface area contributed by atoms with Gasteiger partial charge in [0.05, 0.1) is 21.2 Å². The molecule has 2 aromatic heterocycles. The van der Waals surface area contributed by atoms with Crippen LogP contribution in [0.3, 0.4) is 0 Å². The summed E-state index contributed by atoms with van der Waals surface area (Å²) in [7, 11) is -3.87. The molecule has 0 aliphatic carbocycles. The molecule has 3 heterocycles. The lowest BCUT2D eigenvalue weighted by Crippen LogP contribution is -2.47. The van der Waals surface area contributed by atoms with E-state index in [0.717, 1.165) is 23.3 Å². The lowest BCUT2D eigenvalue weighted by atomic mass is 10.0. The normalized spacial score (nSPS) is 18.3. The minimum Gasteiger partial charge on any atom is -0.380 e. The predicted octanol–water partition coefficient (Wildman–Crippen LogP) is 4.26. The number of ether oxygens (including phenoxy) is 1. The van der Waals surface area contributed by atoms with E-state index in [1.165, 1.54) is 39.9 Å². The summed E-state index contributed by atoms with van der Waals surface area (Å²) in [6.45, 7) is 3.52. The molecule has 7 nitrogen and oxygen atoms in total. The smallest absolute Gasteiger partial charge is 0.266 e. The number of nitrogens with zero attached hydrogens (tertiary/aromatic N) is 3. The van der Waals surface area contributed by atoms with Gasteiger partial charge in [-0.25, -0.2) is 12.8 Å². The summed E-state index contributed by atoms with van der Waals surface area (Å²) in [4.78, 5) is 18.0. The Kier molecular flexibility index (Phi) is 7.66. The van der Waals surface area contributed by atoms with Crippen LogP contribution in [0.5, 0.6) is 0 Å². The van der Waals surface area contributed by atoms with Crippen LogP contribution in [0, 0.1) is 5.82 Å². The molecule has 1 unspecified atom stereocenters. The van der Waals surface area contributed by atoms with Crippen LogP contribution in [-0.4, -0.2) is 49.0 Å². The lowest BCUT2D eigenvalue weighted by molar-refractivity contribution is -0.122. The quantitative estimate of drug-likeness (QED) is 0.426. The highest BCUT2D eigenvalue weighted by Crippen LogP contribution is 2.32. The third-order valence-electron chi connectivity index (χ3n) is 5.36. The minimum absolute atomic E-state index is 0.108. The standard InChI is InChI=1S/C21H23ClFN3O4S3/c1-2-30-12-11-25-15-7-6-14(23)13-17(15)31-21(25)24-20(27)16-5-3-4-10-26(16)33(28,29)19-9-8-18(22)32-19/h6-9,13,16H,2-5,10-12H2,1H3. The Balaban J connectivity index is 1.72. The Morgan fingerprint density at radius 1 is 1.27 bits per heavy atom. The number of rotatable bonds is 7. The van der Waals surface area contributed by atoms with Gasteiger partial charge in [0, 0.05) is 19.7 Å². The second-order valence-corrected chi connectivity index (χ2v) is 12.3. The molecular weight excluding hydrogens is 509 g/mol. The average molecular weight is 532 g/mol. The van der Waals surface area contributed by atoms with Crippen molar-refractivity contribution in [2.75, 3.05) is 19.8 Å². The average Bonchev–Trinajstić information content (AvgIpc) is 3.37. The molecule has 0 radical (unpaired) electrons. The van der Waals surface area contributed by atoms with Crippen molar-refractivity contribution < 1.29 is 22.3 Å². The maximum Gasteiger partial charge on any atom is 0.266 e. The summed E-state index contributed by atoms with van der Waals surface area (Å²) in [6.07, 6.45) is 1.78. The summed E-state index contributed by atoms with van der Waals surface area (Å²) in [5, 5.41) is 0. The summed E-state index contributed by atoms with van der Waals surface area (Å²) in [6, 6.07) is 6.50. The van der Waals surface area contributed by atoms with Crippen LogP contribution in [0.25, 0.3) is 10.2 Å². The maximum atomic E-state index is 13.8. The Labute approximate surface area is 204 Å². The highest BCUT2D eigenvalue weighted by Gasteiger charge is 2.38. The molecule has 3 aromatic rings. The zero-order valence-corrected chi connectivity index (χ0v) is 21.1. The second kappa shape index (κ2) is 10.3. The van der Waals surface area contributed by atoms with Gasteiger partial charge in [0.15, 0.2) is 4.80 Å². The largest absolute Gasteiger partial charge is 0.380 e. The Morgan fingerprint density at radius 2 is 2.09 bits per heavy atom. The molecule has 1 atom stereocenters. The van der Waals surface area contributed by atoms with E-state index in [4.69, 9.17) is 16.3 Å². The van der Waals surface area contributed by atoms with Gasteiger partial charge in [-0.1, -0.05) is 29.4 Å².